The Bertz CT molecular complexity index is 831. The van der Waals surface area contributed by atoms with Gasteiger partial charge in [0.1, 0.15) is 5.82 Å². The zero-order valence-electron chi connectivity index (χ0n) is 9.87. The van der Waals surface area contributed by atoms with E-state index in [1.54, 1.807) is 4.72 Å². The van der Waals surface area contributed by atoms with E-state index in [1.807, 2.05) is 0 Å². The number of rotatable bonds is 5. The number of nitrogens with one attached hydrogen (secondary N) is 1. The highest BCUT2D eigenvalue weighted by molar-refractivity contribution is 8.13. The lowest BCUT2D eigenvalue weighted by Crippen LogP contribution is -2.22. The molecule has 0 aliphatic carbocycles. The van der Waals surface area contributed by atoms with Crippen molar-refractivity contribution >= 4 is 45.3 Å². The van der Waals surface area contributed by atoms with Crippen molar-refractivity contribution < 1.29 is 29.6 Å². The van der Waals surface area contributed by atoms with Crippen LogP contribution in [-0.2, 0) is 28.9 Å². The Hall–Kier alpha value is -0.910. The molecule has 1 aromatic carbocycles. The number of sulfonamides is 1. The van der Waals surface area contributed by atoms with Gasteiger partial charge in [0.05, 0.1) is 10.6 Å². The number of halogens is 2. The summed E-state index contributed by atoms with van der Waals surface area (Å²) >= 11 is 0. The summed E-state index contributed by atoms with van der Waals surface area (Å²) in [7, 11) is -7.32. The third-order valence-electron chi connectivity index (χ3n) is 1.86. The highest BCUT2D eigenvalue weighted by Gasteiger charge is 2.20. The fourth-order valence-electron chi connectivity index (χ4n) is 1.21. The van der Waals surface area contributed by atoms with Crippen molar-refractivity contribution in [2.24, 2.45) is 0 Å². The van der Waals surface area contributed by atoms with E-state index < -0.39 is 50.4 Å². The van der Waals surface area contributed by atoms with Crippen LogP contribution in [0.25, 0.3) is 0 Å². The Balaban J connectivity index is 3.13. The molecule has 0 bridgehead atoms. The topological polar surface area (TPSA) is 114 Å². The first-order valence-electron chi connectivity index (χ1n) is 4.73. The molecule has 0 aliphatic rings. The molecule has 0 atom stereocenters. The maximum atomic E-state index is 13.5. The smallest absolute Gasteiger partial charge is 0.261 e. The molecule has 12 heteroatoms. The van der Waals surface area contributed by atoms with Gasteiger partial charge >= 0.3 is 0 Å². The molecule has 0 radical (unpaired) electrons. The van der Waals surface area contributed by atoms with Crippen LogP contribution in [0.4, 0.5) is 10.1 Å². The van der Waals surface area contributed by atoms with Crippen LogP contribution in [0, 0.1) is 5.82 Å². The molecule has 0 unspecified atom stereocenters. The van der Waals surface area contributed by atoms with Gasteiger partial charge in [0, 0.05) is 16.9 Å². The predicted octanol–water partition coefficient (Wildman–Crippen LogP) is 0.497. The minimum absolute atomic E-state index is 0.515. The van der Waals surface area contributed by atoms with Gasteiger partial charge in [0.15, 0.2) is 14.9 Å². The fraction of sp³-hybridized carbons (Fsp3) is 0.250. The van der Waals surface area contributed by atoms with Crippen LogP contribution in [0.5, 0.6) is 0 Å². The molecule has 0 spiro atoms. The van der Waals surface area contributed by atoms with Crippen molar-refractivity contribution in [2.75, 3.05) is 16.1 Å². The quantitative estimate of drug-likeness (QED) is 0.760. The summed E-state index contributed by atoms with van der Waals surface area (Å²) in [4.78, 5) is -0.553. The monoisotopic (exact) mass is 365 g/mol. The molecule has 0 aromatic heterocycles. The highest BCUT2D eigenvalue weighted by atomic mass is 35.7. The molecular formula is C8H9ClFNO6S3. The molecular weight excluding hydrogens is 357 g/mol. The Morgan fingerprint density at radius 1 is 1.15 bits per heavy atom. The van der Waals surface area contributed by atoms with Gasteiger partial charge in [-0.05, 0) is 18.2 Å². The van der Waals surface area contributed by atoms with Gasteiger partial charge < -0.3 is 0 Å². The third-order valence-corrected chi connectivity index (χ3v) is 6.69. The van der Waals surface area contributed by atoms with Crippen LogP contribution in [0.2, 0.25) is 0 Å². The van der Waals surface area contributed by atoms with Crippen molar-refractivity contribution in [1.29, 1.82) is 0 Å². The molecule has 0 saturated heterocycles. The lowest BCUT2D eigenvalue weighted by molar-refractivity contribution is 0.593. The number of benzene rings is 1. The molecule has 20 heavy (non-hydrogen) atoms. The lowest BCUT2D eigenvalue weighted by Gasteiger charge is -2.08. The van der Waals surface area contributed by atoms with Crippen molar-refractivity contribution in [2.45, 2.75) is 4.90 Å². The largest absolute Gasteiger partial charge is 0.280 e. The molecule has 0 heterocycles. The Labute approximate surface area is 120 Å². The van der Waals surface area contributed by atoms with Gasteiger partial charge in [-0.3, -0.25) is 4.72 Å². The second-order valence-electron chi connectivity index (χ2n) is 3.84. The van der Waals surface area contributed by atoms with Gasteiger partial charge in [-0.2, -0.15) is 0 Å². The minimum Gasteiger partial charge on any atom is -0.280 e. The van der Waals surface area contributed by atoms with E-state index in [4.69, 9.17) is 10.7 Å². The lowest BCUT2D eigenvalue weighted by atomic mass is 10.3. The molecule has 0 amide bonds. The summed E-state index contributed by atoms with van der Waals surface area (Å²) in [5, 5.41) is -1.23. The number of sulfone groups is 1. The van der Waals surface area contributed by atoms with E-state index in [2.05, 4.69) is 0 Å². The summed E-state index contributed by atoms with van der Waals surface area (Å²) < 4.78 is 81.8. The van der Waals surface area contributed by atoms with Gasteiger partial charge in [0.2, 0.25) is 10.0 Å². The minimum atomic E-state index is -4.32. The van der Waals surface area contributed by atoms with Crippen LogP contribution < -0.4 is 4.72 Å². The van der Waals surface area contributed by atoms with E-state index in [1.165, 1.54) is 0 Å². The van der Waals surface area contributed by atoms with E-state index in [-0.39, 0.29) is 0 Å². The normalized spacial score (nSPS) is 13.2. The molecule has 0 saturated carbocycles. The van der Waals surface area contributed by atoms with Crippen molar-refractivity contribution in [3.8, 4) is 0 Å². The summed E-state index contributed by atoms with van der Waals surface area (Å²) in [5.41, 5.74) is -0.585. The van der Waals surface area contributed by atoms with Crippen molar-refractivity contribution in [3.63, 3.8) is 0 Å². The summed E-state index contributed by atoms with van der Waals surface area (Å²) in [6.07, 6.45) is 0.700. The van der Waals surface area contributed by atoms with Crippen LogP contribution in [-0.4, -0.2) is 36.6 Å². The second-order valence-corrected chi connectivity index (χ2v) is 10.6. The Kier molecular flexibility index (Phi) is 4.69. The number of anilines is 1. The van der Waals surface area contributed by atoms with Crippen LogP contribution in [0.15, 0.2) is 23.1 Å². The first-order chi connectivity index (χ1) is 8.80. The van der Waals surface area contributed by atoms with E-state index in [9.17, 15) is 29.6 Å². The predicted molar refractivity (Wildman–Crippen MR) is 71.7 cm³/mol. The van der Waals surface area contributed by atoms with Crippen LogP contribution in [0.1, 0.15) is 0 Å². The fourth-order valence-corrected chi connectivity index (χ4v) is 4.96. The van der Waals surface area contributed by atoms with Crippen LogP contribution >= 0.6 is 10.7 Å². The zero-order valence-corrected chi connectivity index (χ0v) is 13.1. The molecule has 1 aromatic rings. The first kappa shape index (κ1) is 17.1. The summed E-state index contributed by atoms with van der Waals surface area (Å²) in [6, 6.07) is 2.22. The van der Waals surface area contributed by atoms with Gasteiger partial charge in [0.25, 0.3) is 9.05 Å². The van der Waals surface area contributed by atoms with E-state index in [0.29, 0.717) is 12.3 Å². The summed E-state index contributed by atoms with van der Waals surface area (Å²) in [5.74, 6) is -1.20. The average Bonchev–Trinajstić information content (AvgIpc) is 2.15. The molecule has 1 N–H and O–H groups in total. The number of hydrogen-bond acceptors (Lipinski definition) is 6. The van der Waals surface area contributed by atoms with Gasteiger partial charge in [-0.25, -0.2) is 29.6 Å². The van der Waals surface area contributed by atoms with E-state index in [0.717, 1.165) is 12.1 Å². The SMILES string of the molecule is CS(=O)(=O)CS(=O)(=O)Nc1ccc(S(=O)(=O)Cl)cc1F. The van der Waals surface area contributed by atoms with Crippen LogP contribution in [0.3, 0.4) is 0 Å². The molecule has 1 rings (SSSR count). The third kappa shape index (κ3) is 5.23. The second kappa shape index (κ2) is 5.47. The van der Waals surface area contributed by atoms with Gasteiger partial charge in [-0.1, -0.05) is 0 Å². The summed E-state index contributed by atoms with van der Waals surface area (Å²) in [6.45, 7) is 0. The maximum absolute atomic E-state index is 13.5. The van der Waals surface area contributed by atoms with Crippen molar-refractivity contribution in [3.05, 3.63) is 24.0 Å². The Morgan fingerprint density at radius 2 is 1.70 bits per heavy atom. The standard InChI is InChI=1S/C8H9ClFNO6S3/c1-18(12,13)5-19(14,15)11-8-3-2-6(4-7(8)10)20(9,16)17/h2-4,11H,5H2,1H3. The van der Waals surface area contributed by atoms with Crippen molar-refractivity contribution in [1.82, 2.24) is 0 Å². The average molecular weight is 366 g/mol. The molecule has 0 fully saturated rings. The Morgan fingerprint density at radius 3 is 2.10 bits per heavy atom. The van der Waals surface area contributed by atoms with E-state index >= 15 is 0 Å². The molecule has 0 aliphatic heterocycles. The highest BCUT2D eigenvalue weighted by Crippen LogP contribution is 2.22. The van der Waals surface area contributed by atoms with Gasteiger partial charge in [-0.15, -0.1) is 0 Å². The molecule has 7 nitrogen and oxygen atoms in total. The maximum Gasteiger partial charge on any atom is 0.261 e. The molecule has 114 valence electrons. The number of hydrogen-bond donors (Lipinski definition) is 1. The zero-order chi connectivity index (χ0) is 15.8. The first-order valence-corrected chi connectivity index (χ1v) is 10.7.